The van der Waals surface area contributed by atoms with Gasteiger partial charge in [-0.05, 0) is 120 Å². The number of likely N-dealkylation sites (tertiary alicyclic amines) is 1. The summed E-state index contributed by atoms with van der Waals surface area (Å²) < 4.78 is 25.1. The maximum atomic E-state index is 13.8. The van der Waals surface area contributed by atoms with E-state index in [0.717, 1.165) is 81.0 Å². The molecule has 7 heteroatoms. The number of rotatable bonds is 8. The average Bonchev–Trinajstić information content (AvgIpc) is 3.40. The van der Waals surface area contributed by atoms with Crippen molar-refractivity contribution in [1.82, 2.24) is 10.1 Å². The summed E-state index contributed by atoms with van der Waals surface area (Å²) in [7, 11) is 0. The molecule has 3 aromatic rings. The van der Waals surface area contributed by atoms with Crippen molar-refractivity contribution in [1.29, 1.82) is 0 Å². The number of aromatic nitrogens is 1. The maximum Gasteiger partial charge on any atom is 0.167 e. The molecule has 2 saturated heterocycles. The van der Waals surface area contributed by atoms with Crippen molar-refractivity contribution in [3.8, 4) is 0 Å². The first-order valence-corrected chi connectivity index (χ1v) is 15.7. The lowest BCUT2D eigenvalue weighted by Gasteiger charge is -2.36. The Bertz CT molecular complexity index is 1300. The number of ketones is 1. The number of hydrogen-bond donors (Lipinski definition) is 0. The third kappa shape index (κ3) is 6.83. The fourth-order valence-corrected chi connectivity index (χ4v) is 7.37. The molecule has 2 atom stereocenters. The molecule has 1 saturated carbocycles. The molecular formula is C34H44FN3O3. The van der Waals surface area contributed by atoms with Crippen LogP contribution >= 0.6 is 0 Å². The van der Waals surface area contributed by atoms with Gasteiger partial charge in [0.1, 0.15) is 5.82 Å². The number of hydrogen-bond acceptors (Lipinski definition) is 6. The van der Waals surface area contributed by atoms with Gasteiger partial charge in [0, 0.05) is 42.1 Å². The summed E-state index contributed by atoms with van der Waals surface area (Å²) in [6.07, 6.45) is 9.23. The summed E-state index contributed by atoms with van der Waals surface area (Å²) in [4.78, 5) is 18.0. The largest absolute Gasteiger partial charge is 0.372 e. The van der Waals surface area contributed by atoms with Crippen LogP contribution in [-0.4, -0.2) is 60.8 Å². The van der Waals surface area contributed by atoms with Crippen LogP contribution in [0.3, 0.4) is 0 Å². The van der Waals surface area contributed by atoms with E-state index in [2.05, 4.69) is 40.9 Å². The lowest BCUT2D eigenvalue weighted by Crippen LogP contribution is -2.45. The summed E-state index contributed by atoms with van der Waals surface area (Å²) in [5.74, 6) is 1.66. The van der Waals surface area contributed by atoms with Crippen molar-refractivity contribution in [2.75, 3.05) is 37.6 Å². The highest BCUT2D eigenvalue weighted by molar-refractivity contribution is 5.96. The highest BCUT2D eigenvalue weighted by atomic mass is 19.1. The van der Waals surface area contributed by atoms with Crippen molar-refractivity contribution in [2.24, 2.45) is 11.8 Å². The second-order valence-corrected chi connectivity index (χ2v) is 12.8. The van der Waals surface area contributed by atoms with Gasteiger partial charge in [0.25, 0.3) is 0 Å². The second kappa shape index (κ2) is 12.6. The van der Waals surface area contributed by atoms with Gasteiger partial charge in [-0.3, -0.25) is 4.79 Å². The van der Waals surface area contributed by atoms with E-state index in [4.69, 9.17) is 9.26 Å². The van der Waals surface area contributed by atoms with Crippen LogP contribution in [0.2, 0.25) is 0 Å². The van der Waals surface area contributed by atoms with E-state index in [1.807, 2.05) is 12.1 Å². The molecule has 0 amide bonds. The van der Waals surface area contributed by atoms with Crippen molar-refractivity contribution < 1.29 is 18.4 Å². The standard InChI is InChI=1S/C34H44FN3O3/c1-23-21-38(22-24(2)40-23)30-10-7-27(8-11-30)32(39)19-26-5-3-25(4-6-26)13-16-37-17-14-28(15-18-37)34-31-20-29(35)9-12-33(31)41-36-34/h7-12,20,23-26,28H,3-6,13-19,21-22H2,1-2H3. The molecule has 0 bridgehead atoms. The Morgan fingerprint density at radius 1 is 0.927 bits per heavy atom. The van der Waals surface area contributed by atoms with Crippen LogP contribution in [0.25, 0.3) is 11.0 Å². The van der Waals surface area contributed by atoms with E-state index in [0.29, 0.717) is 23.8 Å². The highest BCUT2D eigenvalue weighted by Gasteiger charge is 2.28. The lowest BCUT2D eigenvalue weighted by molar-refractivity contribution is -0.00522. The molecule has 0 N–H and O–H groups in total. The molecule has 0 radical (unpaired) electrons. The summed E-state index contributed by atoms with van der Waals surface area (Å²) in [6.45, 7) is 9.27. The number of piperidine rings is 1. The fourth-order valence-electron chi connectivity index (χ4n) is 7.37. The third-order valence-electron chi connectivity index (χ3n) is 9.70. The smallest absolute Gasteiger partial charge is 0.167 e. The van der Waals surface area contributed by atoms with E-state index in [1.165, 1.54) is 31.0 Å². The molecule has 41 heavy (non-hydrogen) atoms. The molecule has 3 aliphatic rings. The minimum Gasteiger partial charge on any atom is -0.372 e. The summed E-state index contributed by atoms with van der Waals surface area (Å²) in [5.41, 5.74) is 3.62. The number of benzene rings is 2. The zero-order chi connectivity index (χ0) is 28.3. The minimum absolute atomic E-state index is 0.224. The Morgan fingerprint density at radius 2 is 1.61 bits per heavy atom. The average molecular weight is 562 g/mol. The second-order valence-electron chi connectivity index (χ2n) is 12.8. The lowest BCUT2D eigenvalue weighted by atomic mass is 9.78. The molecular weight excluding hydrogens is 517 g/mol. The molecule has 3 fully saturated rings. The predicted octanol–water partition coefficient (Wildman–Crippen LogP) is 7.23. The number of Topliss-reactive ketones (excluding diaryl/α,β-unsaturated/α-hetero) is 1. The zero-order valence-electron chi connectivity index (χ0n) is 24.6. The number of ether oxygens (including phenoxy) is 1. The summed E-state index contributed by atoms with van der Waals surface area (Å²) in [5, 5.41) is 5.12. The summed E-state index contributed by atoms with van der Waals surface area (Å²) >= 11 is 0. The molecule has 6 rings (SSSR count). The highest BCUT2D eigenvalue weighted by Crippen LogP contribution is 2.36. The number of nitrogens with zero attached hydrogens (tertiary/aromatic N) is 3. The van der Waals surface area contributed by atoms with Gasteiger partial charge < -0.3 is 19.1 Å². The molecule has 2 aliphatic heterocycles. The van der Waals surface area contributed by atoms with Gasteiger partial charge in [-0.2, -0.15) is 0 Å². The van der Waals surface area contributed by atoms with Crippen LogP contribution < -0.4 is 4.90 Å². The SMILES string of the molecule is CC1CN(c2ccc(C(=O)CC3CCC(CCN4CCC(c5noc6ccc(F)cc56)CC4)CC3)cc2)CC(C)O1. The van der Waals surface area contributed by atoms with Gasteiger partial charge in [0.2, 0.25) is 0 Å². The normalized spacial score (nSPS) is 26.5. The van der Waals surface area contributed by atoms with Crippen LogP contribution in [0, 0.1) is 17.7 Å². The fraction of sp³-hybridized carbons (Fsp3) is 0.588. The van der Waals surface area contributed by atoms with Gasteiger partial charge in [0.05, 0.1) is 17.9 Å². The maximum absolute atomic E-state index is 13.8. The first kappa shape index (κ1) is 28.4. The topological polar surface area (TPSA) is 58.8 Å². The first-order chi connectivity index (χ1) is 19.9. The van der Waals surface area contributed by atoms with Crippen molar-refractivity contribution in [3.05, 3.63) is 59.5 Å². The number of anilines is 1. The Kier molecular flexibility index (Phi) is 8.73. The third-order valence-corrected chi connectivity index (χ3v) is 9.70. The molecule has 2 unspecified atom stereocenters. The summed E-state index contributed by atoms with van der Waals surface area (Å²) in [6, 6.07) is 12.9. The van der Waals surface area contributed by atoms with Crippen molar-refractivity contribution in [2.45, 2.75) is 83.3 Å². The van der Waals surface area contributed by atoms with Crippen molar-refractivity contribution >= 4 is 22.4 Å². The van der Waals surface area contributed by atoms with E-state index in [1.54, 1.807) is 12.1 Å². The van der Waals surface area contributed by atoms with E-state index < -0.39 is 0 Å². The van der Waals surface area contributed by atoms with Gasteiger partial charge in [-0.25, -0.2) is 4.39 Å². The molecule has 2 aromatic carbocycles. The molecule has 6 nitrogen and oxygen atoms in total. The van der Waals surface area contributed by atoms with E-state index in [9.17, 15) is 9.18 Å². The van der Waals surface area contributed by atoms with Crippen LogP contribution in [0.1, 0.15) is 87.2 Å². The Labute approximate surface area is 243 Å². The Hall–Kier alpha value is -2.77. The molecule has 1 aliphatic carbocycles. The number of halogens is 1. The van der Waals surface area contributed by atoms with Gasteiger partial charge >= 0.3 is 0 Å². The van der Waals surface area contributed by atoms with Crippen LogP contribution in [0.15, 0.2) is 47.0 Å². The number of carbonyl (C=O) groups excluding carboxylic acids is 1. The minimum atomic E-state index is -0.235. The van der Waals surface area contributed by atoms with Crippen LogP contribution in [-0.2, 0) is 4.74 Å². The molecule has 220 valence electrons. The van der Waals surface area contributed by atoms with Gasteiger partial charge in [0.15, 0.2) is 11.4 Å². The van der Waals surface area contributed by atoms with Crippen LogP contribution in [0.5, 0.6) is 0 Å². The quantitative estimate of drug-likeness (QED) is 0.271. The van der Waals surface area contributed by atoms with Crippen LogP contribution in [0.4, 0.5) is 10.1 Å². The molecule has 3 heterocycles. The number of fused-ring (bicyclic) bond motifs is 1. The number of morpholine rings is 1. The predicted molar refractivity (Wildman–Crippen MR) is 160 cm³/mol. The number of carbonyl (C=O) groups is 1. The Morgan fingerprint density at radius 3 is 2.32 bits per heavy atom. The zero-order valence-corrected chi connectivity index (χ0v) is 24.6. The van der Waals surface area contributed by atoms with E-state index >= 15 is 0 Å². The van der Waals surface area contributed by atoms with Crippen molar-refractivity contribution in [3.63, 3.8) is 0 Å². The van der Waals surface area contributed by atoms with E-state index in [-0.39, 0.29) is 23.8 Å². The molecule has 0 spiro atoms. The monoisotopic (exact) mass is 561 g/mol. The Balaban J connectivity index is 0.907. The van der Waals surface area contributed by atoms with Gasteiger partial charge in [-0.15, -0.1) is 0 Å². The first-order valence-electron chi connectivity index (χ1n) is 15.7. The molecule has 1 aromatic heterocycles. The van der Waals surface area contributed by atoms with Gasteiger partial charge in [-0.1, -0.05) is 18.0 Å².